The standard InChI is InChI=1S/3C4H12OSi2.2Pt/c3*1-4-7(2,3)5-6;;/h3*4H,1H2,2-3,6H3;;. The molecule has 146 valence electrons. The van der Waals surface area contributed by atoms with Crippen molar-refractivity contribution in [2.45, 2.75) is 39.3 Å². The minimum atomic E-state index is -1.33. The molecule has 0 aromatic carbocycles. The van der Waals surface area contributed by atoms with Crippen molar-refractivity contribution in [2.24, 2.45) is 0 Å². The minimum absolute atomic E-state index is 0. The first-order valence-electron chi connectivity index (χ1n) is 6.93. The molecule has 11 heteroatoms. The van der Waals surface area contributed by atoms with Crippen LogP contribution in [-0.4, -0.2) is 56.4 Å². The summed E-state index contributed by atoms with van der Waals surface area (Å²) in [4.78, 5) is 0. The van der Waals surface area contributed by atoms with E-state index in [1.165, 1.54) is 0 Å². The summed E-state index contributed by atoms with van der Waals surface area (Å²) in [6.45, 7) is 23.8. The SMILES string of the molecule is C=C[Si](C)(C)O[SiH3].C=C[Si](C)(C)O[SiH3].C=C[Si](C)(C)O[SiH3].[Pt].[Pt]. The Bertz CT molecular complexity index is 268. The fourth-order valence-corrected chi connectivity index (χ4v) is 2.25. The van der Waals surface area contributed by atoms with E-state index in [1.807, 2.05) is 17.1 Å². The van der Waals surface area contributed by atoms with Gasteiger partial charge in [-0.1, -0.05) is 17.1 Å². The molecule has 0 aromatic heterocycles. The van der Waals surface area contributed by atoms with Gasteiger partial charge in [0.15, 0.2) is 25.0 Å². The summed E-state index contributed by atoms with van der Waals surface area (Å²) in [6.07, 6.45) is 0. The van der Waals surface area contributed by atoms with Crippen LogP contribution in [0.2, 0.25) is 39.3 Å². The molecule has 0 rings (SSSR count). The Hall–Kier alpha value is 1.78. The average Bonchev–Trinajstić information content (AvgIpc) is 2.48. The van der Waals surface area contributed by atoms with Gasteiger partial charge in [0.2, 0.25) is 0 Å². The van der Waals surface area contributed by atoms with E-state index in [-0.39, 0.29) is 42.1 Å². The minimum Gasteiger partial charge on any atom is -0.461 e. The van der Waals surface area contributed by atoms with Crippen molar-refractivity contribution in [1.29, 1.82) is 0 Å². The first-order chi connectivity index (χ1) is 9.36. The fourth-order valence-electron chi connectivity index (χ4n) is 0.250. The monoisotopic (exact) mass is 786 g/mol. The molecule has 3 nitrogen and oxygen atoms in total. The molecule has 0 saturated heterocycles. The Morgan fingerprint density at radius 2 is 0.696 bits per heavy atom. The fraction of sp³-hybridized carbons (Fsp3) is 0.500. The second-order valence-electron chi connectivity index (χ2n) is 6.04. The molecular weight excluding hydrogens is 751 g/mol. The van der Waals surface area contributed by atoms with Crippen molar-refractivity contribution in [3.05, 3.63) is 36.8 Å². The van der Waals surface area contributed by atoms with Gasteiger partial charge in [-0.3, -0.25) is 0 Å². The van der Waals surface area contributed by atoms with Crippen LogP contribution in [0.25, 0.3) is 0 Å². The summed E-state index contributed by atoms with van der Waals surface area (Å²) in [5, 5.41) is 0. The third-order valence-corrected chi connectivity index (χ3v) is 18.6. The maximum atomic E-state index is 5.25. The van der Waals surface area contributed by atoms with Gasteiger partial charge >= 0.3 is 0 Å². The normalized spacial score (nSPS) is 10.7. The van der Waals surface area contributed by atoms with E-state index < -0.39 is 25.0 Å². The quantitative estimate of drug-likeness (QED) is 0.371. The largest absolute Gasteiger partial charge is 0.461 e. The summed E-state index contributed by atoms with van der Waals surface area (Å²) >= 11 is 0. The van der Waals surface area contributed by atoms with Gasteiger partial charge in [-0.25, -0.2) is 0 Å². The maximum Gasteiger partial charge on any atom is 0.197 e. The van der Waals surface area contributed by atoms with Crippen LogP contribution in [0.5, 0.6) is 0 Å². The van der Waals surface area contributed by atoms with Crippen LogP contribution in [0.1, 0.15) is 0 Å². The maximum absolute atomic E-state index is 5.25. The Kier molecular flexibility index (Phi) is 28.9. The van der Waals surface area contributed by atoms with Gasteiger partial charge in [0, 0.05) is 42.1 Å². The third kappa shape index (κ3) is 28.8. The van der Waals surface area contributed by atoms with E-state index in [9.17, 15) is 0 Å². The predicted octanol–water partition coefficient (Wildman–Crippen LogP) is 0.636. The van der Waals surface area contributed by atoms with E-state index in [2.05, 4.69) is 59.0 Å². The van der Waals surface area contributed by atoms with E-state index in [4.69, 9.17) is 12.3 Å². The van der Waals surface area contributed by atoms with Crippen LogP contribution in [0.15, 0.2) is 36.8 Å². The molecule has 0 heterocycles. The molecule has 0 aliphatic carbocycles. The molecule has 0 bridgehead atoms. The molecule has 0 fully saturated rings. The number of hydrogen-bond acceptors (Lipinski definition) is 3. The molecule has 23 heavy (non-hydrogen) atoms. The zero-order valence-corrected chi connectivity index (χ0v) is 29.8. The molecule has 0 amide bonds. The van der Waals surface area contributed by atoms with Crippen molar-refractivity contribution in [3.63, 3.8) is 0 Å². The predicted molar refractivity (Wildman–Crippen MR) is 116 cm³/mol. The van der Waals surface area contributed by atoms with E-state index >= 15 is 0 Å². The summed E-state index contributed by atoms with van der Waals surface area (Å²) < 4.78 is 15.7. The zero-order valence-electron chi connectivity index (χ0n) is 16.2. The van der Waals surface area contributed by atoms with Crippen LogP contribution in [0.4, 0.5) is 0 Å². The van der Waals surface area contributed by atoms with Crippen LogP contribution in [0.3, 0.4) is 0 Å². The molecule has 0 N–H and O–H groups in total. The average molecular weight is 787 g/mol. The molecule has 0 unspecified atom stereocenters. The summed E-state index contributed by atoms with van der Waals surface area (Å²) in [6, 6.07) is 0. The van der Waals surface area contributed by atoms with Gasteiger partial charge in [0.1, 0.15) is 31.5 Å². The van der Waals surface area contributed by atoms with Crippen molar-refractivity contribution in [1.82, 2.24) is 0 Å². The Labute approximate surface area is 185 Å². The van der Waals surface area contributed by atoms with Gasteiger partial charge in [0.05, 0.1) is 0 Å². The van der Waals surface area contributed by atoms with Gasteiger partial charge < -0.3 is 12.3 Å². The summed E-state index contributed by atoms with van der Waals surface area (Å²) in [7, 11) is -1.43. The number of rotatable bonds is 6. The Morgan fingerprint density at radius 3 is 0.696 bits per heavy atom. The first-order valence-corrected chi connectivity index (χ1v) is 18.3. The van der Waals surface area contributed by atoms with Crippen LogP contribution in [0, 0.1) is 0 Å². The van der Waals surface area contributed by atoms with Crippen molar-refractivity contribution in [3.8, 4) is 0 Å². The topological polar surface area (TPSA) is 27.7 Å². The first kappa shape index (κ1) is 35.8. The Balaban J connectivity index is -0.0000000675. The van der Waals surface area contributed by atoms with Gasteiger partial charge in [-0.05, 0) is 39.3 Å². The third-order valence-electron chi connectivity index (χ3n) is 3.05. The van der Waals surface area contributed by atoms with Crippen molar-refractivity contribution in [2.75, 3.05) is 0 Å². The van der Waals surface area contributed by atoms with E-state index in [1.54, 1.807) is 0 Å². The van der Waals surface area contributed by atoms with Crippen LogP contribution < -0.4 is 0 Å². The van der Waals surface area contributed by atoms with Gasteiger partial charge in [-0.2, -0.15) is 0 Å². The van der Waals surface area contributed by atoms with Crippen LogP contribution >= 0.6 is 0 Å². The van der Waals surface area contributed by atoms with Gasteiger partial charge in [-0.15, -0.1) is 19.7 Å². The molecule has 0 radical (unpaired) electrons. The molecule has 0 saturated carbocycles. The second kappa shape index (κ2) is 18.6. The molecular formula is C12H36O3Pt2Si6. The van der Waals surface area contributed by atoms with Crippen molar-refractivity contribution >= 4 is 56.4 Å². The zero-order chi connectivity index (χ0) is 17.7. The summed E-state index contributed by atoms with van der Waals surface area (Å²) in [5.41, 5.74) is 5.83. The van der Waals surface area contributed by atoms with Crippen LogP contribution in [-0.2, 0) is 54.5 Å². The summed E-state index contributed by atoms with van der Waals surface area (Å²) in [5.74, 6) is 0. The molecule has 0 atom stereocenters. The smallest absolute Gasteiger partial charge is 0.197 e. The molecule has 0 aromatic rings. The molecule has 0 spiro atoms. The number of hydrogen-bond donors (Lipinski definition) is 0. The molecule has 0 aliphatic heterocycles. The van der Waals surface area contributed by atoms with Crippen molar-refractivity contribution < 1.29 is 54.5 Å². The Morgan fingerprint density at radius 1 is 0.565 bits per heavy atom. The second-order valence-corrected chi connectivity index (χ2v) is 21.8. The van der Waals surface area contributed by atoms with E-state index in [0.717, 1.165) is 31.5 Å². The molecule has 0 aliphatic rings. The van der Waals surface area contributed by atoms with E-state index in [0.29, 0.717) is 0 Å². The van der Waals surface area contributed by atoms with Gasteiger partial charge in [0.25, 0.3) is 0 Å².